The van der Waals surface area contributed by atoms with Crippen LogP contribution in [0.15, 0.2) is 0 Å². The molecule has 0 aromatic carbocycles. The first kappa shape index (κ1) is 28.7. The summed E-state index contributed by atoms with van der Waals surface area (Å²) in [6.45, 7) is -5.59. The topological polar surface area (TPSA) is 29.5 Å². The Morgan fingerprint density at radius 1 is 0.467 bits per heavy atom. The molecule has 0 fully saturated rings. The zero-order valence-electron chi connectivity index (χ0n) is 13.4. The van der Waals surface area contributed by atoms with Crippen LogP contribution in [-0.2, 0) is 4.74 Å². The summed E-state index contributed by atoms with van der Waals surface area (Å²) in [5.74, 6) is -56.6. The van der Waals surface area contributed by atoms with Crippen molar-refractivity contribution in [1.82, 2.24) is 0 Å². The molecule has 19 heteroatoms. The van der Waals surface area contributed by atoms with E-state index in [4.69, 9.17) is 5.11 Å². The van der Waals surface area contributed by atoms with Gasteiger partial charge in [0.05, 0.1) is 13.2 Å². The molecule has 0 saturated carbocycles. The van der Waals surface area contributed by atoms with E-state index in [2.05, 4.69) is 4.74 Å². The molecule has 30 heavy (non-hydrogen) atoms. The van der Waals surface area contributed by atoms with E-state index in [1.165, 1.54) is 0 Å². The summed E-state index contributed by atoms with van der Waals surface area (Å²) in [6.07, 6.45) is -7.78. The maximum atomic E-state index is 13.3. The molecule has 0 amide bonds. The standard InChI is InChI=1S/C11H7F17O2/c12-4(13,3-30-2-1-29)5(14,15)6(16,17)7(18,19)8(20,21)9(22,23)10(24,25)11(26,27)28/h29H,1-3H2. The molecule has 0 radical (unpaired) electrons. The van der Waals surface area contributed by atoms with Gasteiger partial charge in [-0.2, -0.15) is 74.6 Å². The van der Waals surface area contributed by atoms with Crippen molar-refractivity contribution in [3.05, 3.63) is 0 Å². The molecule has 0 unspecified atom stereocenters. The maximum Gasteiger partial charge on any atom is 0.460 e. The van der Waals surface area contributed by atoms with Crippen LogP contribution in [0.2, 0.25) is 0 Å². The molecule has 0 aromatic heterocycles. The summed E-state index contributed by atoms with van der Waals surface area (Å²) < 4.78 is 222. The molecule has 0 bridgehead atoms. The van der Waals surface area contributed by atoms with Gasteiger partial charge in [-0.1, -0.05) is 0 Å². The summed E-state index contributed by atoms with van der Waals surface area (Å²) in [5, 5.41) is 8.12. The Hall–Kier alpha value is -1.27. The number of ether oxygens (including phenoxy) is 1. The van der Waals surface area contributed by atoms with Crippen molar-refractivity contribution in [2.45, 2.75) is 47.6 Å². The molecule has 0 aliphatic rings. The van der Waals surface area contributed by atoms with Crippen molar-refractivity contribution in [3.8, 4) is 0 Å². The van der Waals surface area contributed by atoms with Crippen LogP contribution >= 0.6 is 0 Å². The second kappa shape index (κ2) is 7.70. The molecule has 0 rings (SSSR count). The highest BCUT2D eigenvalue weighted by Gasteiger charge is 2.95. The molecule has 0 heterocycles. The number of alkyl halides is 17. The highest BCUT2D eigenvalue weighted by molar-refractivity contribution is 5.15. The van der Waals surface area contributed by atoms with Crippen LogP contribution in [-0.4, -0.2) is 72.6 Å². The van der Waals surface area contributed by atoms with Gasteiger partial charge in [0.2, 0.25) is 0 Å². The Labute approximate surface area is 153 Å². The van der Waals surface area contributed by atoms with E-state index in [0.717, 1.165) is 0 Å². The highest BCUT2D eigenvalue weighted by Crippen LogP contribution is 2.63. The first-order valence-corrected chi connectivity index (χ1v) is 6.71. The van der Waals surface area contributed by atoms with Crippen LogP contribution in [0, 0.1) is 0 Å². The highest BCUT2D eigenvalue weighted by atomic mass is 19.4. The fourth-order valence-electron chi connectivity index (χ4n) is 1.55. The second-order valence-corrected chi connectivity index (χ2v) is 5.42. The quantitative estimate of drug-likeness (QED) is 0.342. The van der Waals surface area contributed by atoms with Gasteiger partial charge in [0, 0.05) is 0 Å². The van der Waals surface area contributed by atoms with Crippen molar-refractivity contribution in [1.29, 1.82) is 0 Å². The average Bonchev–Trinajstić information content (AvgIpc) is 2.52. The summed E-state index contributed by atoms with van der Waals surface area (Å²) >= 11 is 0. The van der Waals surface area contributed by atoms with Gasteiger partial charge in [-0.05, 0) is 0 Å². The van der Waals surface area contributed by atoms with Gasteiger partial charge in [-0.25, -0.2) is 0 Å². The molecule has 182 valence electrons. The van der Waals surface area contributed by atoms with E-state index in [-0.39, 0.29) is 0 Å². The number of rotatable bonds is 10. The Kier molecular flexibility index (Phi) is 7.37. The van der Waals surface area contributed by atoms with Crippen molar-refractivity contribution in [3.63, 3.8) is 0 Å². The Balaban J connectivity index is 6.48. The van der Waals surface area contributed by atoms with Crippen LogP contribution in [0.5, 0.6) is 0 Å². The van der Waals surface area contributed by atoms with Crippen molar-refractivity contribution < 1.29 is 84.5 Å². The third-order valence-corrected chi connectivity index (χ3v) is 3.31. The van der Waals surface area contributed by atoms with Crippen molar-refractivity contribution in [2.24, 2.45) is 0 Å². The summed E-state index contributed by atoms with van der Waals surface area (Å²) in [5.41, 5.74) is 0. The zero-order chi connectivity index (χ0) is 24.8. The molecule has 2 nitrogen and oxygen atoms in total. The van der Waals surface area contributed by atoms with Gasteiger partial charge in [0.25, 0.3) is 0 Å². The monoisotopic (exact) mass is 494 g/mol. The van der Waals surface area contributed by atoms with Gasteiger partial charge >= 0.3 is 47.6 Å². The van der Waals surface area contributed by atoms with E-state index < -0.39 is 67.5 Å². The van der Waals surface area contributed by atoms with Crippen molar-refractivity contribution >= 4 is 0 Å². The minimum atomic E-state index is -8.64. The summed E-state index contributed by atoms with van der Waals surface area (Å²) in [4.78, 5) is 0. The van der Waals surface area contributed by atoms with E-state index in [1.807, 2.05) is 0 Å². The normalized spacial score (nSPS) is 16.2. The summed E-state index contributed by atoms with van der Waals surface area (Å²) in [7, 11) is 0. The minimum Gasteiger partial charge on any atom is -0.394 e. The number of halogens is 17. The second-order valence-electron chi connectivity index (χ2n) is 5.42. The fourth-order valence-corrected chi connectivity index (χ4v) is 1.55. The molecule has 0 aliphatic heterocycles. The van der Waals surface area contributed by atoms with E-state index in [0.29, 0.717) is 0 Å². The number of hydrogen-bond donors (Lipinski definition) is 1. The lowest BCUT2D eigenvalue weighted by Crippen LogP contribution is -2.74. The van der Waals surface area contributed by atoms with Gasteiger partial charge < -0.3 is 9.84 Å². The Morgan fingerprint density at radius 2 is 0.767 bits per heavy atom. The first-order valence-electron chi connectivity index (χ1n) is 6.71. The summed E-state index contributed by atoms with van der Waals surface area (Å²) in [6, 6.07) is 0. The predicted octanol–water partition coefficient (Wildman–Crippen LogP) is 5.00. The predicted molar refractivity (Wildman–Crippen MR) is 58.6 cm³/mol. The van der Waals surface area contributed by atoms with Gasteiger partial charge in [-0.15, -0.1) is 0 Å². The smallest absolute Gasteiger partial charge is 0.394 e. The lowest BCUT2D eigenvalue weighted by atomic mass is 9.89. The SMILES string of the molecule is OCCOCC(F)(F)C(F)(F)C(F)(F)C(F)(F)C(F)(F)C(F)(F)C(F)(F)C(F)(F)F. The maximum absolute atomic E-state index is 13.3. The molecule has 0 atom stereocenters. The first-order chi connectivity index (χ1) is 12.8. The molecule has 0 saturated heterocycles. The fraction of sp³-hybridized carbons (Fsp3) is 1.00. The van der Waals surface area contributed by atoms with Gasteiger partial charge in [-0.3, -0.25) is 0 Å². The third-order valence-electron chi connectivity index (χ3n) is 3.31. The number of aliphatic hydroxyl groups is 1. The number of hydrogen-bond acceptors (Lipinski definition) is 2. The average molecular weight is 494 g/mol. The van der Waals surface area contributed by atoms with E-state index >= 15 is 0 Å². The van der Waals surface area contributed by atoms with Crippen LogP contribution in [0.25, 0.3) is 0 Å². The van der Waals surface area contributed by atoms with Crippen LogP contribution in [0.1, 0.15) is 0 Å². The molecule has 0 spiro atoms. The molecule has 1 N–H and O–H groups in total. The lowest BCUT2D eigenvalue weighted by molar-refractivity contribution is -0.462. The van der Waals surface area contributed by atoms with Gasteiger partial charge in [0.15, 0.2) is 0 Å². The Morgan fingerprint density at radius 3 is 1.07 bits per heavy atom. The van der Waals surface area contributed by atoms with Crippen molar-refractivity contribution in [2.75, 3.05) is 19.8 Å². The molecular formula is C11H7F17O2. The van der Waals surface area contributed by atoms with E-state index in [1.54, 1.807) is 0 Å². The van der Waals surface area contributed by atoms with E-state index in [9.17, 15) is 74.6 Å². The Bertz CT molecular complexity index is 593. The zero-order valence-corrected chi connectivity index (χ0v) is 13.4. The molecule has 0 aromatic rings. The molecular weight excluding hydrogens is 487 g/mol. The lowest BCUT2D eigenvalue weighted by Gasteiger charge is -2.42. The third kappa shape index (κ3) is 3.86. The number of aliphatic hydroxyl groups excluding tert-OH is 1. The largest absolute Gasteiger partial charge is 0.460 e. The minimum absolute atomic E-state index is 1.25. The van der Waals surface area contributed by atoms with Gasteiger partial charge in [0.1, 0.15) is 6.61 Å². The van der Waals surface area contributed by atoms with Crippen LogP contribution in [0.4, 0.5) is 74.6 Å². The van der Waals surface area contributed by atoms with Crippen LogP contribution in [0.3, 0.4) is 0 Å². The van der Waals surface area contributed by atoms with Crippen LogP contribution < -0.4 is 0 Å². The molecule has 0 aliphatic carbocycles.